The Bertz CT molecular complexity index is 1850. The molecule has 4 atom stereocenters. The summed E-state index contributed by atoms with van der Waals surface area (Å²) in [5.74, 6) is 7.15. The summed E-state index contributed by atoms with van der Waals surface area (Å²) in [4.78, 5) is 0. The number of halogens is 3. The summed E-state index contributed by atoms with van der Waals surface area (Å²) >= 11 is 0. The van der Waals surface area contributed by atoms with Crippen molar-refractivity contribution in [3.63, 3.8) is 0 Å². The molecule has 4 unspecified atom stereocenters. The molecule has 2 nitrogen and oxygen atoms in total. The van der Waals surface area contributed by atoms with E-state index in [1.807, 2.05) is 19.9 Å². The van der Waals surface area contributed by atoms with Gasteiger partial charge in [0.15, 0.2) is 6.29 Å². The Labute approximate surface area is 461 Å². The minimum Gasteiger partial charge on any atom is -0.353 e. The van der Waals surface area contributed by atoms with Crippen molar-refractivity contribution in [1.82, 2.24) is 0 Å². The molecule has 1 aliphatic heterocycles. The van der Waals surface area contributed by atoms with Crippen molar-refractivity contribution in [2.75, 3.05) is 13.2 Å². The Morgan fingerprint density at radius 3 is 0.960 bits per heavy atom. The third kappa shape index (κ3) is 36.3. The zero-order chi connectivity index (χ0) is 56.5. The molecule has 1 saturated heterocycles. The van der Waals surface area contributed by atoms with Gasteiger partial charge in [-0.15, -0.1) is 0 Å². The maximum absolute atomic E-state index is 12.6. The van der Waals surface area contributed by atoms with Gasteiger partial charge in [-0.1, -0.05) is 197 Å². The average molecular weight is 1040 g/mol. The molecule has 3 fully saturated rings. The number of allylic oxidation sites excluding steroid dienone is 6. The predicted molar refractivity (Wildman–Crippen MR) is 322 cm³/mol. The number of hydrogen-bond donors (Lipinski definition) is 0. The molecule has 3 aromatic carbocycles. The van der Waals surface area contributed by atoms with E-state index in [-0.39, 0.29) is 17.7 Å². The first-order valence-corrected chi connectivity index (χ1v) is 29.7. The normalized spacial score (nSPS) is 26.6. The van der Waals surface area contributed by atoms with Crippen LogP contribution in [0.5, 0.6) is 0 Å². The molecule has 6 aliphatic rings. The fourth-order valence-electron chi connectivity index (χ4n) is 8.95. The van der Waals surface area contributed by atoms with E-state index in [9.17, 15) is 13.2 Å². The van der Waals surface area contributed by atoms with Crippen LogP contribution < -0.4 is 0 Å². The highest BCUT2D eigenvalue weighted by Gasteiger charge is 2.15. The summed E-state index contributed by atoms with van der Waals surface area (Å²) in [5.41, 5.74) is 8.21. The van der Waals surface area contributed by atoms with E-state index in [1.54, 1.807) is 31.1 Å². The molecular weight excluding hydrogens is 930 g/mol. The summed E-state index contributed by atoms with van der Waals surface area (Å²) in [5, 5.41) is 0. The third-order valence-electron chi connectivity index (χ3n) is 15.5. The lowest BCUT2D eigenvalue weighted by Crippen LogP contribution is -2.27. The van der Waals surface area contributed by atoms with Crippen molar-refractivity contribution in [3.8, 4) is 0 Å². The van der Waals surface area contributed by atoms with E-state index in [4.69, 9.17) is 9.47 Å². The maximum Gasteiger partial charge on any atom is 0.154 e. The van der Waals surface area contributed by atoms with Gasteiger partial charge in [-0.3, -0.25) is 0 Å². The molecule has 1 heterocycles. The first-order valence-electron chi connectivity index (χ1n) is 29.7. The van der Waals surface area contributed by atoms with Gasteiger partial charge in [0.25, 0.3) is 0 Å². The zero-order valence-electron chi connectivity index (χ0n) is 51.5. The van der Waals surface area contributed by atoms with Crippen molar-refractivity contribution in [2.45, 2.75) is 234 Å². The Kier molecular flexibility index (Phi) is 37.0. The molecular formula is C70H113F3O2. The zero-order valence-corrected chi connectivity index (χ0v) is 51.5. The van der Waals surface area contributed by atoms with Gasteiger partial charge in [0.05, 0.1) is 13.2 Å². The third-order valence-corrected chi connectivity index (χ3v) is 15.5. The van der Waals surface area contributed by atoms with Crippen LogP contribution in [0.15, 0.2) is 90.0 Å². The Hall–Kier alpha value is -3.41. The lowest BCUT2D eigenvalue weighted by molar-refractivity contribution is -0.187. The molecule has 5 heteroatoms. The second-order valence-corrected chi connectivity index (χ2v) is 24.6. The second-order valence-electron chi connectivity index (χ2n) is 24.6. The number of hydrogen-bond acceptors (Lipinski definition) is 2. The molecule has 2 saturated carbocycles. The standard InChI is InChI=1S/C8H8F2.C8H9F.2C8H16.3C8H14.C8H10.C6H12O2/c1-5-3-7(9)6(2)8(10)4-5;1-6-3-4-7(2)8(9)5-6;6*1-7-3-5-8(2)6-4-7;1-5-3-7-6(2)8-4-5/h3-4H,1-2H3;3-5H,1-2H3;2*7-8H,3-6H2,1-2H3;2*3,8H,4-6H2,1-2H3;3,5,7-8H,4,6H2,1-2H3;3-6H,1-2H3;5-6H,3-4H2,1-2H3. The summed E-state index contributed by atoms with van der Waals surface area (Å²) in [6, 6.07) is 16.3. The summed E-state index contributed by atoms with van der Waals surface area (Å²) < 4.78 is 48.1. The maximum atomic E-state index is 12.6. The quantitative estimate of drug-likeness (QED) is 0.209. The lowest BCUT2D eigenvalue weighted by atomic mass is 9.84. The highest BCUT2D eigenvalue weighted by molar-refractivity contribution is 5.24. The van der Waals surface area contributed by atoms with Crippen LogP contribution in [0.4, 0.5) is 13.2 Å². The number of benzene rings is 3. The summed E-state index contributed by atoms with van der Waals surface area (Å²) in [6.45, 7) is 39.8. The molecule has 0 N–H and O–H groups in total. The van der Waals surface area contributed by atoms with Crippen LogP contribution in [0.25, 0.3) is 0 Å². The lowest BCUT2D eigenvalue weighted by Gasteiger charge is -2.24. The minimum atomic E-state index is -0.475. The molecule has 0 bridgehead atoms. The molecule has 0 radical (unpaired) electrons. The topological polar surface area (TPSA) is 18.5 Å². The van der Waals surface area contributed by atoms with E-state index >= 15 is 0 Å². The van der Waals surface area contributed by atoms with E-state index in [2.05, 4.69) is 139 Å². The molecule has 0 amide bonds. The van der Waals surface area contributed by atoms with Crippen LogP contribution in [-0.4, -0.2) is 19.5 Å². The predicted octanol–water partition coefficient (Wildman–Crippen LogP) is 22.1. The van der Waals surface area contributed by atoms with Crippen molar-refractivity contribution in [3.05, 3.63) is 141 Å². The van der Waals surface area contributed by atoms with Crippen molar-refractivity contribution >= 4 is 0 Å². The van der Waals surface area contributed by atoms with Crippen LogP contribution in [0.1, 0.15) is 219 Å². The van der Waals surface area contributed by atoms with Crippen LogP contribution in [0.3, 0.4) is 0 Å². The van der Waals surface area contributed by atoms with Gasteiger partial charge in [-0.05, 0) is 196 Å². The average Bonchev–Trinajstić information content (AvgIpc) is 3.37. The van der Waals surface area contributed by atoms with E-state index in [0.717, 1.165) is 66.1 Å². The highest BCUT2D eigenvalue weighted by atomic mass is 19.1. The van der Waals surface area contributed by atoms with Crippen LogP contribution in [-0.2, 0) is 9.47 Å². The molecule has 5 aliphatic carbocycles. The van der Waals surface area contributed by atoms with Gasteiger partial charge in [0.2, 0.25) is 0 Å². The van der Waals surface area contributed by atoms with Gasteiger partial charge in [-0.25, -0.2) is 13.2 Å². The van der Waals surface area contributed by atoms with Crippen molar-refractivity contribution in [1.29, 1.82) is 0 Å². The van der Waals surface area contributed by atoms with Crippen LogP contribution in [0, 0.1) is 112 Å². The molecule has 9 rings (SSSR count). The molecule has 0 aromatic heterocycles. The van der Waals surface area contributed by atoms with Crippen molar-refractivity contribution in [2.24, 2.45) is 53.3 Å². The monoisotopic (exact) mass is 1040 g/mol. The number of aryl methyl sites for hydroxylation is 5. The second kappa shape index (κ2) is 39.9. The molecule has 0 spiro atoms. The molecule has 3 aromatic rings. The summed E-state index contributed by atoms with van der Waals surface area (Å²) in [6.07, 6.45) is 32.1. The first-order chi connectivity index (χ1) is 35.3. The molecule has 75 heavy (non-hydrogen) atoms. The Balaban J connectivity index is 0.000000422. The molecule has 426 valence electrons. The number of ether oxygens (including phenoxy) is 2. The van der Waals surface area contributed by atoms with Gasteiger partial charge in [0, 0.05) is 11.5 Å². The number of rotatable bonds is 0. The smallest absolute Gasteiger partial charge is 0.154 e. The minimum absolute atomic E-state index is 0.0196. The van der Waals surface area contributed by atoms with Gasteiger partial charge >= 0.3 is 0 Å². The van der Waals surface area contributed by atoms with E-state index in [0.29, 0.717) is 17.0 Å². The van der Waals surface area contributed by atoms with Gasteiger partial charge in [0.1, 0.15) is 17.5 Å². The fourth-order valence-corrected chi connectivity index (χ4v) is 8.95. The summed E-state index contributed by atoms with van der Waals surface area (Å²) in [7, 11) is 0. The van der Waals surface area contributed by atoms with Crippen molar-refractivity contribution < 1.29 is 22.6 Å². The first kappa shape index (κ1) is 69.6. The highest BCUT2D eigenvalue weighted by Crippen LogP contribution is 2.28. The van der Waals surface area contributed by atoms with Gasteiger partial charge < -0.3 is 9.47 Å². The van der Waals surface area contributed by atoms with E-state index < -0.39 is 11.6 Å². The van der Waals surface area contributed by atoms with Gasteiger partial charge in [-0.2, -0.15) is 0 Å². The van der Waals surface area contributed by atoms with Crippen LogP contribution in [0.2, 0.25) is 0 Å². The Morgan fingerprint density at radius 1 is 0.360 bits per heavy atom. The SMILES string of the molecule is CC1=CCC(C)CC1.CC1=CCC(C)CC1.CC1C=CC(C)CC1.CC1CCC(C)CC1.CC1CCC(C)CC1.CC1COC(C)OC1.Cc1cc(F)c(C)c(F)c1.Cc1ccc(C)c(F)c1.Cc1ccc(C)cc1. The fraction of sp³-hybridized carbons (Fsp3) is 0.657. The largest absolute Gasteiger partial charge is 0.353 e. The Morgan fingerprint density at radius 2 is 0.693 bits per heavy atom. The van der Waals surface area contributed by atoms with Crippen LogP contribution >= 0.6 is 0 Å². The van der Waals surface area contributed by atoms with E-state index in [1.165, 1.54) is 139 Å².